The van der Waals surface area contributed by atoms with Crippen LogP contribution in [0.1, 0.15) is 38.8 Å². The highest BCUT2D eigenvalue weighted by Gasteiger charge is 2.11. The third-order valence-corrected chi connectivity index (χ3v) is 3.49. The molecule has 0 saturated heterocycles. The Morgan fingerprint density at radius 2 is 2.19 bits per heavy atom. The van der Waals surface area contributed by atoms with Crippen LogP contribution in [0.5, 0.6) is 5.75 Å². The lowest BCUT2D eigenvalue weighted by Crippen LogP contribution is -2.08. The summed E-state index contributed by atoms with van der Waals surface area (Å²) in [4.78, 5) is 0. The second-order valence-corrected chi connectivity index (χ2v) is 5.42. The summed E-state index contributed by atoms with van der Waals surface area (Å²) in [5, 5.41) is 8.45. The van der Waals surface area contributed by atoms with Gasteiger partial charge < -0.3 is 10.1 Å². The molecule has 0 aliphatic heterocycles. The first-order valence-corrected chi connectivity index (χ1v) is 7.73. The van der Waals surface area contributed by atoms with Crippen LogP contribution in [-0.2, 0) is 6.54 Å². The first-order valence-electron chi connectivity index (χ1n) is 7.35. The van der Waals surface area contributed by atoms with Crippen molar-refractivity contribution in [3.63, 3.8) is 0 Å². The molecule has 21 heavy (non-hydrogen) atoms. The van der Waals surface area contributed by atoms with Crippen molar-refractivity contribution in [2.45, 2.75) is 39.8 Å². The zero-order valence-corrected chi connectivity index (χ0v) is 13.5. The number of hydrogen-bond acceptors (Lipinski definition) is 3. The number of nitrogens with zero attached hydrogens (tertiary/aromatic N) is 2. The van der Waals surface area contributed by atoms with Crippen molar-refractivity contribution in [2.24, 2.45) is 0 Å². The van der Waals surface area contributed by atoms with Crippen LogP contribution in [0.2, 0.25) is 5.02 Å². The zero-order chi connectivity index (χ0) is 15.2. The van der Waals surface area contributed by atoms with E-state index in [0.717, 1.165) is 30.0 Å². The van der Waals surface area contributed by atoms with Gasteiger partial charge in [-0.3, -0.25) is 4.68 Å². The van der Waals surface area contributed by atoms with Gasteiger partial charge in [0, 0.05) is 23.3 Å². The number of aryl methyl sites for hydroxylation is 1. The Bertz CT molecular complexity index is 583. The van der Waals surface area contributed by atoms with Crippen molar-refractivity contribution >= 4 is 17.3 Å². The maximum Gasteiger partial charge on any atom is 0.142 e. The molecule has 2 rings (SSSR count). The zero-order valence-electron chi connectivity index (χ0n) is 12.8. The number of hydrogen-bond donors (Lipinski definition) is 1. The van der Waals surface area contributed by atoms with Crippen LogP contribution >= 0.6 is 11.6 Å². The van der Waals surface area contributed by atoms with E-state index in [1.54, 1.807) is 0 Å². The molecular weight excluding hydrogens is 286 g/mol. The summed E-state index contributed by atoms with van der Waals surface area (Å²) >= 11 is 6.09. The summed E-state index contributed by atoms with van der Waals surface area (Å²) in [6.07, 6.45) is 4.91. The van der Waals surface area contributed by atoms with Crippen LogP contribution in [0, 0.1) is 0 Å². The van der Waals surface area contributed by atoms with Crippen LogP contribution in [0.4, 0.5) is 5.69 Å². The standard InChI is InChI=1S/C16H22ClN3O/c1-4-8-21-16-7-6-14(17)9-15(16)19-12(3)13-10-18-20(5-2)11-13/h6-7,9-12,19H,4-5,8H2,1-3H3. The molecule has 0 amide bonds. The molecule has 0 fully saturated rings. The Balaban J connectivity index is 2.15. The summed E-state index contributed by atoms with van der Waals surface area (Å²) in [7, 11) is 0. The Hall–Kier alpha value is -1.68. The lowest BCUT2D eigenvalue weighted by atomic mass is 10.1. The Labute approximate surface area is 131 Å². The van der Waals surface area contributed by atoms with Crippen molar-refractivity contribution in [2.75, 3.05) is 11.9 Å². The lowest BCUT2D eigenvalue weighted by Gasteiger charge is -2.17. The maximum atomic E-state index is 6.09. The normalized spacial score (nSPS) is 12.2. The van der Waals surface area contributed by atoms with Gasteiger partial charge in [0.05, 0.1) is 24.5 Å². The van der Waals surface area contributed by atoms with Crippen molar-refractivity contribution in [3.8, 4) is 5.75 Å². The fraction of sp³-hybridized carbons (Fsp3) is 0.438. The van der Waals surface area contributed by atoms with Gasteiger partial charge in [-0.15, -0.1) is 0 Å². The van der Waals surface area contributed by atoms with Crippen molar-refractivity contribution in [3.05, 3.63) is 41.2 Å². The molecule has 5 heteroatoms. The average Bonchev–Trinajstić information content (AvgIpc) is 2.95. The number of aromatic nitrogens is 2. The van der Waals surface area contributed by atoms with E-state index in [-0.39, 0.29) is 6.04 Å². The molecule has 4 nitrogen and oxygen atoms in total. The van der Waals surface area contributed by atoms with Crippen molar-refractivity contribution < 1.29 is 4.74 Å². The van der Waals surface area contributed by atoms with Gasteiger partial charge in [-0.2, -0.15) is 5.10 Å². The Morgan fingerprint density at radius 1 is 1.38 bits per heavy atom. The van der Waals surface area contributed by atoms with E-state index in [4.69, 9.17) is 16.3 Å². The van der Waals surface area contributed by atoms with E-state index in [1.807, 2.05) is 29.1 Å². The highest BCUT2D eigenvalue weighted by Crippen LogP contribution is 2.31. The molecule has 0 aliphatic carbocycles. The number of anilines is 1. The van der Waals surface area contributed by atoms with Gasteiger partial charge in [-0.25, -0.2) is 0 Å². The van der Waals surface area contributed by atoms with Gasteiger partial charge in [0.25, 0.3) is 0 Å². The summed E-state index contributed by atoms with van der Waals surface area (Å²) in [5.74, 6) is 0.830. The van der Waals surface area contributed by atoms with E-state index < -0.39 is 0 Å². The number of halogens is 1. The van der Waals surface area contributed by atoms with E-state index in [1.165, 1.54) is 0 Å². The van der Waals surface area contributed by atoms with Gasteiger partial charge in [0.2, 0.25) is 0 Å². The molecule has 0 aliphatic rings. The molecular formula is C16H22ClN3O. The minimum absolute atomic E-state index is 0.132. The van der Waals surface area contributed by atoms with E-state index in [2.05, 4.69) is 37.4 Å². The lowest BCUT2D eigenvalue weighted by molar-refractivity contribution is 0.318. The highest BCUT2D eigenvalue weighted by atomic mass is 35.5. The van der Waals surface area contributed by atoms with Crippen molar-refractivity contribution in [1.82, 2.24) is 9.78 Å². The summed E-state index contributed by atoms with van der Waals surface area (Å²) in [6.45, 7) is 7.82. The second-order valence-electron chi connectivity index (χ2n) is 4.98. The number of ether oxygens (including phenoxy) is 1. The molecule has 1 atom stereocenters. The molecule has 1 heterocycles. The molecule has 1 N–H and O–H groups in total. The third kappa shape index (κ3) is 4.14. The number of benzene rings is 1. The first-order chi connectivity index (χ1) is 10.1. The van der Waals surface area contributed by atoms with Gasteiger partial charge >= 0.3 is 0 Å². The highest BCUT2D eigenvalue weighted by molar-refractivity contribution is 6.30. The van der Waals surface area contributed by atoms with E-state index >= 15 is 0 Å². The molecule has 2 aromatic rings. The average molecular weight is 308 g/mol. The van der Waals surface area contributed by atoms with E-state index in [9.17, 15) is 0 Å². The monoisotopic (exact) mass is 307 g/mol. The van der Waals surface area contributed by atoms with Gasteiger partial charge in [0.15, 0.2) is 0 Å². The SMILES string of the molecule is CCCOc1ccc(Cl)cc1NC(C)c1cnn(CC)c1. The third-order valence-electron chi connectivity index (χ3n) is 3.25. The van der Waals surface area contributed by atoms with Gasteiger partial charge in [-0.05, 0) is 38.5 Å². The number of nitrogens with one attached hydrogen (secondary N) is 1. The fourth-order valence-electron chi connectivity index (χ4n) is 2.05. The van der Waals surface area contributed by atoms with Crippen LogP contribution in [0.25, 0.3) is 0 Å². The van der Waals surface area contributed by atoms with Crippen LogP contribution < -0.4 is 10.1 Å². The molecule has 114 valence electrons. The Morgan fingerprint density at radius 3 is 2.86 bits per heavy atom. The first kappa shape index (κ1) is 15.7. The molecule has 0 saturated carbocycles. The second kappa shape index (κ2) is 7.36. The molecule has 1 aromatic carbocycles. The summed E-state index contributed by atoms with van der Waals surface area (Å²) < 4.78 is 7.68. The molecule has 0 radical (unpaired) electrons. The smallest absolute Gasteiger partial charge is 0.142 e. The molecule has 1 aromatic heterocycles. The molecule has 1 unspecified atom stereocenters. The minimum atomic E-state index is 0.132. The minimum Gasteiger partial charge on any atom is -0.491 e. The predicted molar refractivity (Wildman–Crippen MR) is 87.2 cm³/mol. The summed E-state index contributed by atoms with van der Waals surface area (Å²) in [5.41, 5.74) is 2.05. The topological polar surface area (TPSA) is 39.1 Å². The van der Waals surface area contributed by atoms with E-state index in [0.29, 0.717) is 11.6 Å². The van der Waals surface area contributed by atoms with Crippen molar-refractivity contribution in [1.29, 1.82) is 0 Å². The van der Waals surface area contributed by atoms with Crippen LogP contribution in [-0.4, -0.2) is 16.4 Å². The Kier molecular flexibility index (Phi) is 5.51. The maximum absolute atomic E-state index is 6.09. The van der Waals surface area contributed by atoms with Gasteiger partial charge in [0.1, 0.15) is 5.75 Å². The predicted octanol–water partition coefficient (Wildman–Crippen LogP) is 4.52. The van der Waals surface area contributed by atoms with Crippen LogP contribution in [0.15, 0.2) is 30.6 Å². The van der Waals surface area contributed by atoms with Gasteiger partial charge in [-0.1, -0.05) is 18.5 Å². The quantitative estimate of drug-likeness (QED) is 0.817. The molecule has 0 bridgehead atoms. The molecule has 0 spiro atoms. The fourth-order valence-corrected chi connectivity index (χ4v) is 2.22. The van der Waals surface area contributed by atoms with Crippen LogP contribution in [0.3, 0.4) is 0 Å². The largest absolute Gasteiger partial charge is 0.491 e. The number of rotatable bonds is 7. The summed E-state index contributed by atoms with van der Waals surface area (Å²) in [6, 6.07) is 5.78.